The van der Waals surface area contributed by atoms with Gasteiger partial charge in [-0.2, -0.15) is 0 Å². The first-order valence-corrected chi connectivity index (χ1v) is 12.2. The van der Waals surface area contributed by atoms with Gasteiger partial charge in [0.25, 0.3) is 0 Å². The van der Waals surface area contributed by atoms with Crippen LogP contribution in [0.2, 0.25) is 0 Å². The molecule has 6 atom stereocenters. The number of nitrogens with zero attached hydrogens (tertiary/aromatic N) is 1. The summed E-state index contributed by atoms with van der Waals surface area (Å²) in [6.07, 6.45) is 3.34. The first-order chi connectivity index (χ1) is 16.4. The Kier molecular flexibility index (Phi) is 4.96. The Labute approximate surface area is 199 Å². The zero-order valence-corrected chi connectivity index (χ0v) is 19.7. The number of ether oxygens (including phenoxy) is 2. The van der Waals surface area contributed by atoms with E-state index in [0.29, 0.717) is 12.2 Å². The van der Waals surface area contributed by atoms with Gasteiger partial charge in [0.15, 0.2) is 11.5 Å². The maximum absolute atomic E-state index is 12.3. The highest BCUT2D eigenvalue weighted by Crippen LogP contribution is 2.66. The van der Waals surface area contributed by atoms with Crippen LogP contribution in [0.1, 0.15) is 36.0 Å². The monoisotopic (exact) mass is 464 g/mol. The molecule has 0 aromatic heterocycles. The van der Waals surface area contributed by atoms with Gasteiger partial charge in [-0.1, -0.05) is 36.4 Å². The number of likely N-dealkylation sites (N-methyl/N-ethyl adjacent to an activating group) is 1. The van der Waals surface area contributed by atoms with Crippen LogP contribution in [0.3, 0.4) is 0 Å². The molecule has 180 valence electrons. The van der Waals surface area contributed by atoms with Crippen LogP contribution >= 0.6 is 0 Å². The number of carboxylic acids is 1. The number of hydrogen-bond acceptors (Lipinski definition) is 6. The molecular formula is C27H32N2O5. The lowest BCUT2D eigenvalue weighted by Gasteiger charge is -2.65. The number of phenolic OH excluding ortho intramolecular Hbond substituents is 1. The van der Waals surface area contributed by atoms with E-state index in [1.54, 1.807) is 13.2 Å². The quantitative estimate of drug-likeness (QED) is 0.605. The molecule has 2 heterocycles. The first kappa shape index (κ1) is 21.9. The summed E-state index contributed by atoms with van der Waals surface area (Å²) >= 11 is 0. The highest BCUT2D eigenvalue weighted by atomic mass is 16.5. The number of aliphatic carboxylic acids is 1. The van der Waals surface area contributed by atoms with E-state index in [1.807, 2.05) is 36.4 Å². The fourth-order valence-corrected chi connectivity index (χ4v) is 7.64. The normalized spacial score (nSPS) is 34.2. The molecule has 0 unspecified atom stereocenters. The Bertz CT molecular complexity index is 1120. The van der Waals surface area contributed by atoms with Crippen LogP contribution in [-0.4, -0.2) is 71.6 Å². The lowest BCUT2D eigenvalue weighted by atomic mass is 9.48. The summed E-state index contributed by atoms with van der Waals surface area (Å²) in [7, 11) is 3.97. The van der Waals surface area contributed by atoms with E-state index in [0.717, 1.165) is 43.4 Å². The number of carboxylic acid groups (broad SMARTS) is 1. The molecule has 3 N–H and O–H groups in total. The number of aromatic hydroxyl groups is 1. The van der Waals surface area contributed by atoms with E-state index >= 15 is 0 Å². The molecular weight excluding hydrogens is 432 g/mol. The predicted octanol–water partition coefficient (Wildman–Crippen LogP) is 2.48. The number of likely N-dealkylation sites (tertiary alicyclic amines) is 1. The molecule has 7 heteroatoms. The first-order valence-electron chi connectivity index (χ1n) is 12.2. The van der Waals surface area contributed by atoms with Crippen LogP contribution in [0.15, 0.2) is 42.5 Å². The van der Waals surface area contributed by atoms with Crippen molar-refractivity contribution >= 4 is 5.97 Å². The summed E-state index contributed by atoms with van der Waals surface area (Å²) in [5.41, 5.74) is 2.42. The van der Waals surface area contributed by atoms with Gasteiger partial charge in [0.2, 0.25) is 0 Å². The minimum Gasteiger partial charge on any atom is -0.504 e. The highest BCUT2D eigenvalue weighted by molar-refractivity contribution is 5.74. The van der Waals surface area contributed by atoms with Gasteiger partial charge in [0, 0.05) is 24.8 Å². The third-order valence-corrected chi connectivity index (χ3v) is 9.05. The number of piperidine rings is 1. The molecule has 2 aromatic carbocycles. The number of benzene rings is 2. The number of carbonyl (C=O) groups is 1. The standard InChI is InChI=1S/C27H32N2O5/c1-29-13-12-26-22-17-8-9-20(30)23(22)34-24(26)18(10-11-27(26,33-2)21(29)15-17)28-19(25(31)32)14-16-6-4-3-5-7-16/h3-9,18-19,21,24,28,30H,10-15H2,1-2H3,(H,31,32)/t18-,19-,21-,24+,26+,27-/m1/s1. The van der Waals surface area contributed by atoms with Crippen molar-refractivity contribution < 1.29 is 24.5 Å². The zero-order valence-electron chi connectivity index (χ0n) is 19.7. The molecule has 0 amide bonds. The summed E-state index contributed by atoms with van der Waals surface area (Å²) < 4.78 is 13.1. The lowest BCUT2D eigenvalue weighted by Crippen LogP contribution is -2.78. The second-order valence-corrected chi connectivity index (χ2v) is 10.4. The van der Waals surface area contributed by atoms with Gasteiger partial charge < -0.3 is 24.6 Å². The van der Waals surface area contributed by atoms with Gasteiger partial charge in [-0.3, -0.25) is 10.1 Å². The molecule has 2 aliphatic carbocycles. The average molecular weight is 465 g/mol. The highest BCUT2D eigenvalue weighted by Gasteiger charge is 2.73. The lowest BCUT2D eigenvalue weighted by molar-refractivity contribution is -0.204. The van der Waals surface area contributed by atoms with Crippen molar-refractivity contribution in [2.45, 2.75) is 67.3 Å². The second-order valence-electron chi connectivity index (χ2n) is 10.4. The van der Waals surface area contributed by atoms with Crippen LogP contribution in [0, 0.1) is 0 Å². The molecule has 1 saturated carbocycles. The summed E-state index contributed by atoms with van der Waals surface area (Å²) in [5.74, 6) is -0.146. The summed E-state index contributed by atoms with van der Waals surface area (Å²) in [5, 5.41) is 24.3. The molecule has 0 radical (unpaired) electrons. The van der Waals surface area contributed by atoms with Crippen molar-refractivity contribution in [3.8, 4) is 11.5 Å². The third kappa shape index (κ3) is 2.78. The van der Waals surface area contributed by atoms with E-state index in [-0.39, 0.29) is 23.9 Å². The molecule has 1 saturated heterocycles. The van der Waals surface area contributed by atoms with E-state index < -0.39 is 23.0 Å². The largest absolute Gasteiger partial charge is 0.504 e. The fourth-order valence-electron chi connectivity index (χ4n) is 7.64. The van der Waals surface area contributed by atoms with E-state index in [9.17, 15) is 15.0 Å². The molecule has 34 heavy (non-hydrogen) atoms. The zero-order chi connectivity index (χ0) is 23.7. The van der Waals surface area contributed by atoms with Crippen molar-refractivity contribution in [3.05, 3.63) is 59.2 Å². The van der Waals surface area contributed by atoms with Crippen molar-refractivity contribution in [1.82, 2.24) is 10.2 Å². The molecule has 2 bridgehead atoms. The van der Waals surface area contributed by atoms with Gasteiger partial charge in [-0.25, -0.2) is 0 Å². The Morgan fingerprint density at radius 1 is 1.26 bits per heavy atom. The Hall–Kier alpha value is -2.61. The van der Waals surface area contributed by atoms with Crippen molar-refractivity contribution in [2.75, 3.05) is 20.7 Å². The second kappa shape index (κ2) is 7.70. The Morgan fingerprint density at radius 2 is 2.06 bits per heavy atom. The van der Waals surface area contributed by atoms with E-state index in [1.165, 1.54) is 5.56 Å². The minimum absolute atomic E-state index is 0.155. The van der Waals surface area contributed by atoms with Gasteiger partial charge in [0.05, 0.1) is 11.0 Å². The van der Waals surface area contributed by atoms with Crippen LogP contribution in [0.4, 0.5) is 0 Å². The third-order valence-electron chi connectivity index (χ3n) is 9.05. The Balaban J connectivity index is 1.42. The van der Waals surface area contributed by atoms with Crippen LogP contribution in [0.5, 0.6) is 11.5 Å². The summed E-state index contributed by atoms with van der Waals surface area (Å²) in [4.78, 5) is 14.7. The molecule has 7 nitrogen and oxygen atoms in total. The molecule has 4 aliphatic rings. The number of methoxy groups -OCH3 is 1. The number of nitrogens with one attached hydrogen (secondary N) is 1. The molecule has 2 aromatic rings. The summed E-state index contributed by atoms with van der Waals surface area (Å²) in [6, 6.07) is 12.8. The molecule has 2 fully saturated rings. The number of rotatable bonds is 6. The van der Waals surface area contributed by atoms with Crippen LogP contribution in [-0.2, 0) is 27.8 Å². The van der Waals surface area contributed by atoms with Crippen molar-refractivity contribution in [2.24, 2.45) is 0 Å². The molecule has 2 aliphatic heterocycles. The molecule has 1 spiro atoms. The minimum atomic E-state index is -0.867. The van der Waals surface area contributed by atoms with Crippen molar-refractivity contribution in [3.63, 3.8) is 0 Å². The summed E-state index contributed by atoms with van der Waals surface area (Å²) in [6.45, 7) is 0.906. The number of hydrogen-bond donors (Lipinski definition) is 3. The SMILES string of the molecule is CO[C@@]12CC[C@@H](N[C@H](Cc3ccccc3)C(=O)O)[C@@H]3Oc4c(O)ccc5c4[C@@]31CCN(C)[C@@H]2C5. The number of phenols is 1. The van der Waals surface area contributed by atoms with E-state index in [2.05, 4.69) is 17.3 Å². The average Bonchev–Trinajstić information content (AvgIpc) is 3.20. The topological polar surface area (TPSA) is 91.3 Å². The van der Waals surface area contributed by atoms with Crippen LogP contribution < -0.4 is 10.1 Å². The fraction of sp³-hybridized carbons (Fsp3) is 0.519. The smallest absolute Gasteiger partial charge is 0.321 e. The van der Waals surface area contributed by atoms with Gasteiger partial charge >= 0.3 is 5.97 Å². The van der Waals surface area contributed by atoms with Crippen molar-refractivity contribution in [1.29, 1.82) is 0 Å². The van der Waals surface area contributed by atoms with E-state index in [4.69, 9.17) is 9.47 Å². The molecule has 6 rings (SSSR count). The van der Waals surface area contributed by atoms with Gasteiger partial charge in [-0.05, 0) is 62.9 Å². The maximum Gasteiger partial charge on any atom is 0.321 e. The predicted molar refractivity (Wildman–Crippen MR) is 126 cm³/mol. The van der Waals surface area contributed by atoms with Gasteiger partial charge in [-0.15, -0.1) is 0 Å². The Morgan fingerprint density at radius 3 is 2.79 bits per heavy atom. The van der Waals surface area contributed by atoms with Crippen LogP contribution in [0.25, 0.3) is 0 Å². The van der Waals surface area contributed by atoms with Gasteiger partial charge in [0.1, 0.15) is 12.1 Å². The maximum atomic E-state index is 12.3.